The molecule has 0 unspecified atom stereocenters. The molecule has 78 valence electrons. The maximum absolute atomic E-state index is 11.8. The summed E-state index contributed by atoms with van der Waals surface area (Å²) >= 11 is 0. The van der Waals surface area contributed by atoms with Gasteiger partial charge in [0.25, 0.3) is 0 Å². The molecule has 0 aromatic carbocycles. The standard InChI is InChI=1S/C9H15N3O2/c1-9(2,3)7(13)8-10-5-11-12(8)6-14-4/h5H,6H2,1-4H3. The Kier molecular flexibility index (Phi) is 3.00. The zero-order valence-electron chi connectivity index (χ0n) is 8.94. The largest absolute Gasteiger partial charge is 0.362 e. The molecule has 0 saturated heterocycles. The van der Waals surface area contributed by atoms with Crippen molar-refractivity contribution in [2.24, 2.45) is 5.41 Å². The van der Waals surface area contributed by atoms with Gasteiger partial charge in [-0.2, -0.15) is 5.10 Å². The predicted molar refractivity (Wildman–Crippen MR) is 50.8 cm³/mol. The van der Waals surface area contributed by atoms with E-state index in [4.69, 9.17) is 4.74 Å². The van der Waals surface area contributed by atoms with Crippen molar-refractivity contribution in [1.82, 2.24) is 14.8 Å². The van der Waals surface area contributed by atoms with Gasteiger partial charge in [0.2, 0.25) is 5.78 Å². The van der Waals surface area contributed by atoms with Crippen molar-refractivity contribution in [1.29, 1.82) is 0 Å². The van der Waals surface area contributed by atoms with Crippen LogP contribution in [0.25, 0.3) is 0 Å². The normalized spacial score (nSPS) is 11.7. The first-order valence-corrected chi connectivity index (χ1v) is 4.38. The highest BCUT2D eigenvalue weighted by atomic mass is 16.5. The number of hydrogen-bond acceptors (Lipinski definition) is 4. The zero-order chi connectivity index (χ0) is 10.8. The van der Waals surface area contributed by atoms with Gasteiger partial charge in [0, 0.05) is 12.5 Å². The molecule has 1 heterocycles. The van der Waals surface area contributed by atoms with E-state index in [0.29, 0.717) is 5.82 Å². The van der Waals surface area contributed by atoms with Gasteiger partial charge in [-0.05, 0) is 0 Å². The summed E-state index contributed by atoms with van der Waals surface area (Å²) in [5.41, 5.74) is -0.446. The first kappa shape index (κ1) is 10.8. The Labute approximate surface area is 83.1 Å². The molecule has 0 amide bonds. The van der Waals surface area contributed by atoms with Gasteiger partial charge in [-0.1, -0.05) is 20.8 Å². The number of carbonyl (C=O) groups is 1. The maximum atomic E-state index is 11.8. The second kappa shape index (κ2) is 3.88. The summed E-state index contributed by atoms with van der Waals surface area (Å²) in [7, 11) is 1.55. The third-order valence-electron chi connectivity index (χ3n) is 1.75. The number of nitrogens with zero attached hydrogens (tertiary/aromatic N) is 3. The van der Waals surface area contributed by atoms with Crippen LogP contribution >= 0.6 is 0 Å². The van der Waals surface area contributed by atoms with E-state index in [-0.39, 0.29) is 12.5 Å². The molecule has 0 aliphatic carbocycles. The van der Waals surface area contributed by atoms with E-state index in [1.165, 1.54) is 11.0 Å². The van der Waals surface area contributed by atoms with Crippen LogP contribution in [0.4, 0.5) is 0 Å². The minimum absolute atomic E-state index is 0.0351. The SMILES string of the molecule is COCn1ncnc1C(=O)C(C)(C)C. The van der Waals surface area contributed by atoms with Gasteiger partial charge >= 0.3 is 0 Å². The Morgan fingerprint density at radius 2 is 2.21 bits per heavy atom. The lowest BCUT2D eigenvalue weighted by Gasteiger charge is -2.15. The third-order valence-corrected chi connectivity index (χ3v) is 1.75. The lowest BCUT2D eigenvalue weighted by atomic mass is 9.90. The van der Waals surface area contributed by atoms with Gasteiger partial charge in [0.15, 0.2) is 5.82 Å². The quantitative estimate of drug-likeness (QED) is 0.681. The topological polar surface area (TPSA) is 57.0 Å². The Morgan fingerprint density at radius 1 is 1.57 bits per heavy atom. The molecule has 0 fully saturated rings. The summed E-state index contributed by atoms with van der Waals surface area (Å²) in [5, 5.41) is 3.90. The average Bonchev–Trinajstić information content (AvgIpc) is 2.50. The fourth-order valence-corrected chi connectivity index (χ4v) is 0.992. The lowest BCUT2D eigenvalue weighted by Crippen LogP contribution is -2.25. The number of Topliss-reactive ketones (excluding diaryl/α,β-unsaturated/α-hetero) is 1. The van der Waals surface area contributed by atoms with E-state index in [2.05, 4.69) is 10.1 Å². The molecule has 1 aromatic rings. The summed E-state index contributed by atoms with van der Waals surface area (Å²) in [4.78, 5) is 15.8. The van der Waals surface area contributed by atoms with Gasteiger partial charge in [-0.15, -0.1) is 0 Å². The zero-order valence-corrected chi connectivity index (χ0v) is 8.94. The lowest BCUT2D eigenvalue weighted by molar-refractivity contribution is 0.0799. The summed E-state index contributed by atoms with van der Waals surface area (Å²) < 4.78 is 6.35. The fourth-order valence-electron chi connectivity index (χ4n) is 0.992. The maximum Gasteiger partial charge on any atom is 0.205 e. The molecule has 0 N–H and O–H groups in total. The van der Waals surface area contributed by atoms with Crippen molar-refractivity contribution >= 4 is 5.78 Å². The molecule has 5 nitrogen and oxygen atoms in total. The first-order chi connectivity index (χ1) is 6.46. The Morgan fingerprint density at radius 3 is 2.71 bits per heavy atom. The Bertz CT molecular complexity index is 325. The highest BCUT2D eigenvalue weighted by Crippen LogP contribution is 2.18. The Balaban J connectivity index is 2.95. The number of aromatic nitrogens is 3. The van der Waals surface area contributed by atoms with E-state index in [1.807, 2.05) is 20.8 Å². The molecule has 0 spiro atoms. The van der Waals surface area contributed by atoms with Crippen LogP contribution in [0, 0.1) is 5.41 Å². The van der Waals surface area contributed by atoms with Crippen molar-refractivity contribution in [3.63, 3.8) is 0 Å². The molecule has 1 rings (SSSR count). The molecule has 1 aromatic heterocycles. The van der Waals surface area contributed by atoms with E-state index >= 15 is 0 Å². The van der Waals surface area contributed by atoms with Gasteiger partial charge in [0.05, 0.1) is 0 Å². The second-order valence-electron chi connectivity index (χ2n) is 4.08. The second-order valence-corrected chi connectivity index (χ2v) is 4.08. The number of ketones is 1. The number of carbonyl (C=O) groups excluding carboxylic acids is 1. The van der Waals surface area contributed by atoms with Crippen LogP contribution in [-0.2, 0) is 11.5 Å². The van der Waals surface area contributed by atoms with E-state index < -0.39 is 5.41 Å². The van der Waals surface area contributed by atoms with Crippen molar-refractivity contribution in [2.45, 2.75) is 27.5 Å². The van der Waals surface area contributed by atoms with E-state index in [9.17, 15) is 4.79 Å². The summed E-state index contributed by atoms with van der Waals surface area (Å²) in [5.74, 6) is 0.311. The molecular formula is C9H15N3O2. The van der Waals surface area contributed by atoms with Crippen LogP contribution in [-0.4, -0.2) is 27.7 Å². The molecule has 0 bridgehead atoms. The Hall–Kier alpha value is -1.23. The summed E-state index contributed by atoms with van der Waals surface area (Å²) in [6.45, 7) is 5.79. The van der Waals surface area contributed by atoms with Crippen LogP contribution in [0.15, 0.2) is 6.33 Å². The van der Waals surface area contributed by atoms with Crippen LogP contribution in [0.5, 0.6) is 0 Å². The van der Waals surface area contributed by atoms with Crippen molar-refractivity contribution in [3.05, 3.63) is 12.2 Å². The number of hydrogen-bond donors (Lipinski definition) is 0. The van der Waals surface area contributed by atoms with Crippen molar-refractivity contribution < 1.29 is 9.53 Å². The molecule has 14 heavy (non-hydrogen) atoms. The predicted octanol–water partition coefficient (Wildman–Crippen LogP) is 1.11. The monoisotopic (exact) mass is 197 g/mol. The smallest absolute Gasteiger partial charge is 0.205 e. The summed E-state index contributed by atoms with van der Waals surface area (Å²) in [6.07, 6.45) is 1.36. The first-order valence-electron chi connectivity index (χ1n) is 4.38. The molecule has 0 atom stereocenters. The summed E-state index contributed by atoms with van der Waals surface area (Å²) in [6, 6.07) is 0. The van der Waals surface area contributed by atoms with Crippen LogP contribution in [0.1, 0.15) is 31.4 Å². The molecule has 0 aliphatic rings. The average molecular weight is 197 g/mol. The van der Waals surface area contributed by atoms with Gasteiger partial charge in [-0.3, -0.25) is 4.79 Å². The number of rotatable bonds is 3. The number of methoxy groups -OCH3 is 1. The van der Waals surface area contributed by atoms with Crippen LogP contribution < -0.4 is 0 Å². The van der Waals surface area contributed by atoms with Crippen LogP contribution in [0.3, 0.4) is 0 Å². The minimum Gasteiger partial charge on any atom is -0.362 e. The highest BCUT2D eigenvalue weighted by Gasteiger charge is 2.27. The number of ether oxygens (including phenoxy) is 1. The van der Waals surface area contributed by atoms with E-state index in [0.717, 1.165) is 0 Å². The molecule has 0 radical (unpaired) electrons. The fraction of sp³-hybridized carbons (Fsp3) is 0.667. The third kappa shape index (κ3) is 2.17. The van der Waals surface area contributed by atoms with E-state index in [1.54, 1.807) is 7.11 Å². The molecule has 0 aliphatic heterocycles. The minimum atomic E-state index is -0.446. The van der Waals surface area contributed by atoms with Crippen molar-refractivity contribution in [3.8, 4) is 0 Å². The van der Waals surface area contributed by atoms with Gasteiger partial charge in [-0.25, -0.2) is 9.67 Å². The van der Waals surface area contributed by atoms with Gasteiger partial charge < -0.3 is 4.74 Å². The molecule has 0 saturated carbocycles. The van der Waals surface area contributed by atoms with Crippen LogP contribution in [0.2, 0.25) is 0 Å². The van der Waals surface area contributed by atoms with Crippen molar-refractivity contribution in [2.75, 3.05) is 7.11 Å². The molecule has 5 heteroatoms. The highest BCUT2D eigenvalue weighted by molar-refractivity contribution is 5.96. The molecular weight excluding hydrogens is 182 g/mol. The van der Waals surface area contributed by atoms with Gasteiger partial charge in [0.1, 0.15) is 13.1 Å².